The number of hydrogen-bond donors (Lipinski definition) is 2. The van der Waals surface area contributed by atoms with Crippen molar-refractivity contribution in [2.45, 2.75) is 51.5 Å². The van der Waals surface area contributed by atoms with E-state index >= 15 is 0 Å². The van der Waals surface area contributed by atoms with Gasteiger partial charge in [0.05, 0.1) is 0 Å². The zero-order chi connectivity index (χ0) is 14.2. The van der Waals surface area contributed by atoms with Gasteiger partial charge in [-0.05, 0) is 26.2 Å². The van der Waals surface area contributed by atoms with Crippen LogP contribution < -0.4 is 10.6 Å². The van der Waals surface area contributed by atoms with E-state index in [9.17, 15) is 0 Å². The fraction of sp³-hybridized carbons (Fsp3) is 0.733. The molecule has 0 aromatic carbocycles. The second-order valence-electron chi connectivity index (χ2n) is 5.44. The molecule has 1 fully saturated rings. The third kappa shape index (κ3) is 4.96. The number of aromatic nitrogens is 2. The molecule has 5 heteroatoms. The van der Waals surface area contributed by atoms with Gasteiger partial charge in [-0.3, -0.25) is 0 Å². The molecular weight excluding hydrogens is 252 g/mol. The second kappa shape index (κ2) is 8.04. The van der Waals surface area contributed by atoms with Crippen LogP contribution in [0, 0.1) is 6.92 Å². The summed E-state index contributed by atoms with van der Waals surface area (Å²) < 4.78 is 5.04. The molecule has 112 valence electrons. The van der Waals surface area contributed by atoms with E-state index in [4.69, 9.17) is 4.74 Å². The predicted molar refractivity (Wildman–Crippen MR) is 82.2 cm³/mol. The first-order chi connectivity index (χ1) is 9.78. The van der Waals surface area contributed by atoms with Gasteiger partial charge in [-0.25, -0.2) is 9.97 Å². The molecule has 1 aliphatic carbocycles. The molecule has 0 atom stereocenters. The van der Waals surface area contributed by atoms with E-state index in [2.05, 4.69) is 20.6 Å². The number of hydrogen-bond acceptors (Lipinski definition) is 5. The average molecular weight is 278 g/mol. The number of nitrogens with one attached hydrogen (secondary N) is 2. The molecule has 1 saturated carbocycles. The van der Waals surface area contributed by atoms with Gasteiger partial charge in [-0.2, -0.15) is 0 Å². The van der Waals surface area contributed by atoms with E-state index in [1.807, 2.05) is 13.0 Å². The van der Waals surface area contributed by atoms with Gasteiger partial charge >= 0.3 is 0 Å². The van der Waals surface area contributed by atoms with Crippen LogP contribution >= 0.6 is 0 Å². The molecule has 1 aromatic rings. The summed E-state index contributed by atoms with van der Waals surface area (Å²) in [6.45, 7) is 3.57. The Kier molecular flexibility index (Phi) is 6.05. The van der Waals surface area contributed by atoms with Gasteiger partial charge < -0.3 is 15.4 Å². The third-order valence-corrected chi connectivity index (χ3v) is 3.63. The highest BCUT2D eigenvalue weighted by molar-refractivity contribution is 5.48. The molecule has 0 amide bonds. The van der Waals surface area contributed by atoms with E-state index in [-0.39, 0.29) is 0 Å². The smallest absolute Gasteiger partial charge is 0.132 e. The van der Waals surface area contributed by atoms with Gasteiger partial charge in [0.25, 0.3) is 0 Å². The highest BCUT2D eigenvalue weighted by Crippen LogP contribution is 2.21. The molecule has 2 rings (SSSR count). The van der Waals surface area contributed by atoms with Gasteiger partial charge in [0.2, 0.25) is 0 Å². The number of nitrogens with zero attached hydrogens (tertiary/aromatic N) is 2. The zero-order valence-corrected chi connectivity index (χ0v) is 12.6. The molecule has 1 aromatic heterocycles. The van der Waals surface area contributed by atoms with Crippen molar-refractivity contribution in [3.63, 3.8) is 0 Å². The first-order valence-electron chi connectivity index (χ1n) is 7.63. The van der Waals surface area contributed by atoms with E-state index in [0.29, 0.717) is 6.04 Å². The monoisotopic (exact) mass is 278 g/mol. The number of ether oxygens (including phenoxy) is 1. The number of anilines is 2. The first kappa shape index (κ1) is 15.0. The average Bonchev–Trinajstić information content (AvgIpc) is 2.44. The molecule has 5 nitrogen and oxygen atoms in total. The quantitative estimate of drug-likeness (QED) is 0.751. The Bertz CT molecular complexity index is 405. The number of aryl methyl sites for hydroxylation is 1. The van der Waals surface area contributed by atoms with Crippen LogP contribution in [0.1, 0.15) is 44.3 Å². The SMILES string of the molecule is COCCCNc1cc(NC2CCCCC2)nc(C)n1. The summed E-state index contributed by atoms with van der Waals surface area (Å²) in [6.07, 6.45) is 7.49. The standard InChI is InChI=1S/C15H26N4O/c1-12-17-14(16-9-6-10-20-2)11-15(18-12)19-13-7-4-3-5-8-13/h11,13H,3-10H2,1-2H3,(H2,16,17,18,19). The number of rotatable bonds is 7. The maximum atomic E-state index is 5.04. The summed E-state index contributed by atoms with van der Waals surface area (Å²) in [6, 6.07) is 2.58. The van der Waals surface area contributed by atoms with Crippen LogP contribution in [0.3, 0.4) is 0 Å². The lowest BCUT2D eigenvalue weighted by Gasteiger charge is -2.23. The van der Waals surface area contributed by atoms with Gasteiger partial charge in [-0.15, -0.1) is 0 Å². The Hall–Kier alpha value is -1.36. The first-order valence-corrected chi connectivity index (χ1v) is 7.63. The van der Waals surface area contributed by atoms with Crippen molar-refractivity contribution in [3.8, 4) is 0 Å². The molecule has 0 unspecified atom stereocenters. The molecular formula is C15H26N4O. The molecule has 0 spiro atoms. The summed E-state index contributed by atoms with van der Waals surface area (Å²) >= 11 is 0. The fourth-order valence-electron chi connectivity index (χ4n) is 2.62. The minimum atomic E-state index is 0.569. The van der Waals surface area contributed by atoms with Crippen LogP contribution in [0.5, 0.6) is 0 Å². The van der Waals surface area contributed by atoms with E-state index in [1.165, 1.54) is 32.1 Å². The Morgan fingerprint density at radius 3 is 2.70 bits per heavy atom. The lowest BCUT2D eigenvalue weighted by atomic mass is 9.95. The summed E-state index contributed by atoms with van der Waals surface area (Å²) in [5.41, 5.74) is 0. The van der Waals surface area contributed by atoms with E-state index < -0.39 is 0 Å². The Morgan fingerprint density at radius 1 is 1.20 bits per heavy atom. The van der Waals surface area contributed by atoms with Crippen LogP contribution in [0.4, 0.5) is 11.6 Å². The Balaban J connectivity index is 1.89. The van der Waals surface area contributed by atoms with Gasteiger partial charge in [0.15, 0.2) is 0 Å². The number of methoxy groups -OCH3 is 1. The summed E-state index contributed by atoms with van der Waals surface area (Å²) in [5.74, 6) is 2.64. The van der Waals surface area contributed by atoms with Gasteiger partial charge in [0.1, 0.15) is 17.5 Å². The zero-order valence-electron chi connectivity index (χ0n) is 12.6. The van der Waals surface area contributed by atoms with Crippen molar-refractivity contribution in [1.82, 2.24) is 9.97 Å². The van der Waals surface area contributed by atoms with Gasteiger partial charge in [0, 0.05) is 32.4 Å². The molecule has 0 bridgehead atoms. The highest BCUT2D eigenvalue weighted by atomic mass is 16.5. The van der Waals surface area contributed by atoms with Crippen LogP contribution in [0.25, 0.3) is 0 Å². The molecule has 2 N–H and O–H groups in total. The molecule has 20 heavy (non-hydrogen) atoms. The van der Waals surface area contributed by atoms with Crippen molar-refractivity contribution >= 4 is 11.6 Å². The van der Waals surface area contributed by atoms with E-state index in [1.54, 1.807) is 7.11 Å². The maximum Gasteiger partial charge on any atom is 0.132 e. The molecule has 1 aliphatic rings. The van der Waals surface area contributed by atoms with Crippen molar-refractivity contribution in [3.05, 3.63) is 11.9 Å². The minimum absolute atomic E-state index is 0.569. The summed E-state index contributed by atoms with van der Waals surface area (Å²) in [5, 5.41) is 6.87. The van der Waals surface area contributed by atoms with Crippen LogP contribution in [-0.2, 0) is 4.74 Å². The summed E-state index contributed by atoms with van der Waals surface area (Å²) in [4.78, 5) is 8.91. The molecule has 1 heterocycles. The van der Waals surface area contributed by atoms with Crippen molar-refractivity contribution < 1.29 is 4.74 Å². The Morgan fingerprint density at radius 2 is 1.95 bits per heavy atom. The topological polar surface area (TPSA) is 59.1 Å². The normalized spacial score (nSPS) is 16.1. The van der Waals surface area contributed by atoms with Crippen LogP contribution in [0.15, 0.2) is 6.07 Å². The molecule has 0 radical (unpaired) electrons. The fourth-order valence-corrected chi connectivity index (χ4v) is 2.62. The Labute approximate surface area is 121 Å². The van der Waals surface area contributed by atoms with Crippen molar-refractivity contribution in [2.75, 3.05) is 30.9 Å². The summed E-state index contributed by atoms with van der Waals surface area (Å²) in [7, 11) is 1.72. The molecule has 0 saturated heterocycles. The lowest BCUT2D eigenvalue weighted by molar-refractivity contribution is 0.198. The van der Waals surface area contributed by atoms with Gasteiger partial charge in [-0.1, -0.05) is 19.3 Å². The van der Waals surface area contributed by atoms with Crippen LogP contribution in [-0.4, -0.2) is 36.3 Å². The molecule has 0 aliphatic heterocycles. The predicted octanol–water partition coefficient (Wildman–Crippen LogP) is 2.98. The van der Waals surface area contributed by atoms with Crippen LogP contribution in [0.2, 0.25) is 0 Å². The van der Waals surface area contributed by atoms with Crippen molar-refractivity contribution in [1.29, 1.82) is 0 Å². The lowest BCUT2D eigenvalue weighted by Crippen LogP contribution is -2.23. The largest absolute Gasteiger partial charge is 0.385 e. The third-order valence-electron chi connectivity index (χ3n) is 3.63. The minimum Gasteiger partial charge on any atom is -0.385 e. The maximum absolute atomic E-state index is 5.04. The van der Waals surface area contributed by atoms with Crippen molar-refractivity contribution in [2.24, 2.45) is 0 Å². The van der Waals surface area contributed by atoms with E-state index in [0.717, 1.165) is 37.0 Å². The second-order valence-corrected chi connectivity index (χ2v) is 5.44. The highest BCUT2D eigenvalue weighted by Gasteiger charge is 2.14.